The first-order valence-electron chi connectivity index (χ1n) is 7.32. The Bertz CT molecular complexity index is 566. The van der Waals surface area contributed by atoms with Crippen molar-refractivity contribution < 1.29 is 0 Å². The van der Waals surface area contributed by atoms with Crippen molar-refractivity contribution in [3.05, 3.63) is 29.1 Å². The van der Waals surface area contributed by atoms with Gasteiger partial charge < -0.3 is 5.73 Å². The molecule has 0 aromatic carbocycles. The van der Waals surface area contributed by atoms with Gasteiger partial charge in [0.15, 0.2) is 0 Å². The summed E-state index contributed by atoms with van der Waals surface area (Å²) in [4.78, 5) is 4.33. The molecule has 0 aliphatic carbocycles. The maximum atomic E-state index is 6.12. The van der Waals surface area contributed by atoms with Crippen LogP contribution in [0.4, 0.5) is 0 Å². The molecule has 2 N–H and O–H groups in total. The molecule has 0 spiro atoms. The number of rotatable bonds is 6. The highest BCUT2D eigenvalue weighted by molar-refractivity contribution is 5.30. The van der Waals surface area contributed by atoms with Crippen LogP contribution in [-0.4, -0.2) is 24.5 Å². The predicted octanol–water partition coefficient (Wildman–Crippen LogP) is 1.69. The highest BCUT2D eigenvalue weighted by atomic mass is 15.4. The Kier molecular flexibility index (Phi) is 4.54. The molecule has 2 aromatic rings. The number of hydrogen-bond acceptors (Lipinski definition) is 4. The van der Waals surface area contributed by atoms with E-state index in [-0.39, 0.29) is 6.04 Å². The van der Waals surface area contributed by atoms with Crippen LogP contribution >= 0.6 is 0 Å². The third kappa shape index (κ3) is 2.60. The highest BCUT2D eigenvalue weighted by Gasteiger charge is 2.19. The van der Waals surface area contributed by atoms with E-state index in [4.69, 9.17) is 10.8 Å². The van der Waals surface area contributed by atoms with Gasteiger partial charge in [-0.25, -0.2) is 9.67 Å². The molecular formula is C14H24N6. The van der Waals surface area contributed by atoms with Crippen molar-refractivity contribution in [1.82, 2.24) is 24.5 Å². The zero-order valence-corrected chi connectivity index (χ0v) is 12.8. The van der Waals surface area contributed by atoms with E-state index >= 15 is 0 Å². The van der Waals surface area contributed by atoms with E-state index in [1.165, 1.54) is 11.3 Å². The number of aryl methyl sites for hydroxylation is 2. The molecule has 2 aromatic heterocycles. The molecule has 0 amide bonds. The summed E-state index contributed by atoms with van der Waals surface area (Å²) < 4.78 is 3.94. The highest BCUT2D eigenvalue weighted by Crippen LogP contribution is 2.22. The Balaban J connectivity index is 2.41. The van der Waals surface area contributed by atoms with E-state index in [2.05, 4.69) is 30.9 Å². The summed E-state index contributed by atoms with van der Waals surface area (Å²) in [5, 5.41) is 8.94. The van der Waals surface area contributed by atoms with Crippen molar-refractivity contribution in [2.75, 3.05) is 0 Å². The molecule has 0 aliphatic heterocycles. The van der Waals surface area contributed by atoms with Crippen molar-refractivity contribution in [1.29, 1.82) is 0 Å². The normalized spacial score (nSPS) is 12.8. The van der Waals surface area contributed by atoms with Crippen LogP contribution < -0.4 is 5.73 Å². The van der Waals surface area contributed by atoms with Gasteiger partial charge in [-0.15, -0.1) is 0 Å². The van der Waals surface area contributed by atoms with Gasteiger partial charge in [0.05, 0.1) is 5.69 Å². The van der Waals surface area contributed by atoms with Crippen LogP contribution in [0.5, 0.6) is 0 Å². The molecule has 0 saturated heterocycles. The largest absolute Gasteiger partial charge is 0.324 e. The Labute approximate surface area is 120 Å². The molecule has 2 heterocycles. The molecule has 20 heavy (non-hydrogen) atoms. The first-order valence-corrected chi connectivity index (χ1v) is 7.32. The summed E-state index contributed by atoms with van der Waals surface area (Å²) in [6.07, 6.45) is 3.42. The second-order valence-electron chi connectivity index (χ2n) is 4.95. The topological polar surface area (TPSA) is 74.5 Å². The van der Waals surface area contributed by atoms with Crippen LogP contribution in [0.2, 0.25) is 0 Å². The lowest BCUT2D eigenvalue weighted by atomic mass is 10.0. The minimum atomic E-state index is 0.0118. The minimum Gasteiger partial charge on any atom is -0.324 e. The fourth-order valence-corrected chi connectivity index (χ4v) is 2.66. The van der Waals surface area contributed by atoms with E-state index in [0.717, 1.165) is 30.9 Å². The average Bonchev–Trinajstić information content (AvgIpc) is 3.02. The van der Waals surface area contributed by atoms with Crippen LogP contribution in [0, 0.1) is 0 Å². The maximum Gasteiger partial charge on any atom is 0.148 e. The molecular weight excluding hydrogens is 252 g/mol. The monoisotopic (exact) mass is 276 g/mol. The Morgan fingerprint density at radius 2 is 1.95 bits per heavy atom. The molecule has 0 fully saturated rings. The summed E-state index contributed by atoms with van der Waals surface area (Å²) >= 11 is 0. The van der Waals surface area contributed by atoms with Gasteiger partial charge in [-0.3, -0.25) is 4.68 Å². The lowest BCUT2D eigenvalue weighted by molar-refractivity contribution is 0.552. The van der Waals surface area contributed by atoms with Gasteiger partial charge in [0.1, 0.15) is 18.7 Å². The number of nitrogens with zero attached hydrogens (tertiary/aromatic N) is 5. The quantitative estimate of drug-likeness (QED) is 0.871. The SMILES string of the molecule is CCc1nn(Cc2ncnn2CC)c(CC)c1C(C)N. The van der Waals surface area contributed by atoms with Crippen molar-refractivity contribution in [2.45, 2.75) is 59.7 Å². The predicted molar refractivity (Wildman–Crippen MR) is 78.4 cm³/mol. The lowest BCUT2D eigenvalue weighted by Crippen LogP contribution is -2.14. The van der Waals surface area contributed by atoms with E-state index in [1.54, 1.807) is 6.33 Å². The van der Waals surface area contributed by atoms with E-state index in [1.807, 2.05) is 16.3 Å². The zero-order valence-electron chi connectivity index (χ0n) is 12.8. The van der Waals surface area contributed by atoms with Gasteiger partial charge in [-0.1, -0.05) is 13.8 Å². The van der Waals surface area contributed by atoms with Crippen LogP contribution in [0.3, 0.4) is 0 Å². The fraction of sp³-hybridized carbons (Fsp3) is 0.643. The molecule has 6 heteroatoms. The van der Waals surface area contributed by atoms with Gasteiger partial charge in [0.2, 0.25) is 0 Å². The third-order valence-corrected chi connectivity index (χ3v) is 3.59. The summed E-state index contributed by atoms with van der Waals surface area (Å²) in [7, 11) is 0. The Morgan fingerprint density at radius 1 is 1.20 bits per heavy atom. The van der Waals surface area contributed by atoms with Crippen molar-refractivity contribution in [2.24, 2.45) is 5.73 Å². The second-order valence-corrected chi connectivity index (χ2v) is 4.95. The van der Waals surface area contributed by atoms with Gasteiger partial charge in [-0.2, -0.15) is 10.2 Å². The van der Waals surface area contributed by atoms with Gasteiger partial charge in [0, 0.05) is 23.8 Å². The van der Waals surface area contributed by atoms with E-state index in [9.17, 15) is 0 Å². The van der Waals surface area contributed by atoms with Crippen LogP contribution in [0.15, 0.2) is 6.33 Å². The van der Waals surface area contributed by atoms with Crippen molar-refractivity contribution in [3.63, 3.8) is 0 Å². The van der Waals surface area contributed by atoms with Crippen LogP contribution in [-0.2, 0) is 25.9 Å². The third-order valence-electron chi connectivity index (χ3n) is 3.59. The number of nitrogens with two attached hydrogens (primary N) is 1. The minimum absolute atomic E-state index is 0.0118. The lowest BCUT2D eigenvalue weighted by Gasteiger charge is -2.10. The van der Waals surface area contributed by atoms with Crippen LogP contribution in [0.25, 0.3) is 0 Å². The smallest absolute Gasteiger partial charge is 0.148 e. The summed E-state index contributed by atoms with van der Waals surface area (Å²) in [5.41, 5.74) is 9.62. The number of aromatic nitrogens is 5. The molecule has 0 saturated carbocycles. The summed E-state index contributed by atoms with van der Waals surface area (Å²) in [6, 6.07) is 0.0118. The average molecular weight is 276 g/mol. The summed E-state index contributed by atoms with van der Waals surface area (Å²) in [6.45, 7) is 9.81. The van der Waals surface area contributed by atoms with E-state index in [0.29, 0.717) is 6.54 Å². The van der Waals surface area contributed by atoms with E-state index < -0.39 is 0 Å². The molecule has 110 valence electrons. The molecule has 1 atom stereocenters. The molecule has 0 aliphatic rings. The van der Waals surface area contributed by atoms with Crippen LogP contribution in [0.1, 0.15) is 56.5 Å². The molecule has 0 radical (unpaired) electrons. The number of hydrogen-bond donors (Lipinski definition) is 1. The first-order chi connectivity index (χ1) is 9.62. The molecule has 0 bridgehead atoms. The van der Waals surface area contributed by atoms with Gasteiger partial charge >= 0.3 is 0 Å². The molecule has 1 unspecified atom stereocenters. The Hall–Kier alpha value is -1.69. The van der Waals surface area contributed by atoms with Crippen molar-refractivity contribution >= 4 is 0 Å². The summed E-state index contributed by atoms with van der Waals surface area (Å²) in [5.74, 6) is 0.934. The fourth-order valence-electron chi connectivity index (χ4n) is 2.66. The molecule has 6 nitrogen and oxygen atoms in total. The van der Waals surface area contributed by atoms with Gasteiger partial charge in [-0.05, 0) is 26.7 Å². The maximum absolute atomic E-state index is 6.12. The first kappa shape index (κ1) is 14.7. The van der Waals surface area contributed by atoms with Crippen molar-refractivity contribution in [3.8, 4) is 0 Å². The zero-order chi connectivity index (χ0) is 14.7. The molecule has 2 rings (SSSR count). The van der Waals surface area contributed by atoms with Gasteiger partial charge in [0.25, 0.3) is 0 Å². The Morgan fingerprint density at radius 3 is 2.50 bits per heavy atom. The standard InChI is InChI=1S/C14H24N6/c1-5-11-14(10(4)15)12(6-2)20(18-11)8-13-16-9-17-19(13)7-3/h9-10H,5-8,15H2,1-4H3. The second kappa shape index (κ2) is 6.17.